The quantitative estimate of drug-likeness (QED) is 0.684. The van der Waals surface area contributed by atoms with Crippen LogP contribution >= 0.6 is 0 Å². The smallest absolute Gasteiger partial charge is 0.244 e. The predicted molar refractivity (Wildman–Crippen MR) is 110 cm³/mol. The highest BCUT2D eigenvalue weighted by Crippen LogP contribution is 2.25. The summed E-state index contributed by atoms with van der Waals surface area (Å²) in [6.45, 7) is 5.37. The van der Waals surface area contributed by atoms with E-state index in [-0.39, 0.29) is 10.9 Å². The van der Waals surface area contributed by atoms with Crippen LogP contribution in [0.3, 0.4) is 0 Å². The van der Waals surface area contributed by atoms with Crippen LogP contribution in [0.2, 0.25) is 0 Å². The second kappa shape index (κ2) is 7.94. The first kappa shape index (κ1) is 19.6. The minimum absolute atomic E-state index is 0.0203. The molecule has 0 radical (unpaired) electrons. The SMILES string of the molecule is CC(c1nc(-c2ccccc2)no1)N1CCN(c2ccc(S(N)(=O)=O)cc2)CC1. The molecule has 0 amide bonds. The molecule has 0 spiro atoms. The van der Waals surface area contributed by atoms with Crippen molar-refractivity contribution in [3.05, 3.63) is 60.5 Å². The van der Waals surface area contributed by atoms with Gasteiger partial charge in [-0.15, -0.1) is 0 Å². The first-order valence-corrected chi connectivity index (χ1v) is 11.0. The highest BCUT2D eigenvalue weighted by Gasteiger charge is 2.26. The second-order valence-electron chi connectivity index (χ2n) is 7.06. The number of anilines is 1. The molecular weight excluding hydrogens is 390 g/mol. The molecule has 9 heteroatoms. The lowest BCUT2D eigenvalue weighted by atomic mass is 10.2. The first-order chi connectivity index (χ1) is 13.9. The summed E-state index contributed by atoms with van der Waals surface area (Å²) in [4.78, 5) is 9.21. The molecule has 1 aliphatic rings. The molecule has 1 saturated heterocycles. The second-order valence-corrected chi connectivity index (χ2v) is 8.62. The van der Waals surface area contributed by atoms with Gasteiger partial charge in [0.2, 0.25) is 21.7 Å². The Hall–Kier alpha value is -2.75. The molecule has 1 unspecified atom stereocenters. The van der Waals surface area contributed by atoms with Crippen LogP contribution in [0, 0.1) is 0 Å². The van der Waals surface area contributed by atoms with Gasteiger partial charge in [-0.1, -0.05) is 35.5 Å². The van der Waals surface area contributed by atoms with Gasteiger partial charge in [0.25, 0.3) is 0 Å². The lowest BCUT2D eigenvalue weighted by molar-refractivity contribution is 0.164. The molecule has 29 heavy (non-hydrogen) atoms. The summed E-state index contributed by atoms with van der Waals surface area (Å²) in [6.07, 6.45) is 0. The van der Waals surface area contributed by atoms with Gasteiger partial charge in [0, 0.05) is 37.4 Å². The Bertz CT molecular complexity index is 1060. The van der Waals surface area contributed by atoms with Crippen LogP contribution in [0.25, 0.3) is 11.4 Å². The van der Waals surface area contributed by atoms with E-state index in [2.05, 4.69) is 26.9 Å². The third kappa shape index (κ3) is 4.31. The van der Waals surface area contributed by atoms with E-state index in [1.54, 1.807) is 24.3 Å². The van der Waals surface area contributed by atoms with Crippen LogP contribution in [0.5, 0.6) is 0 Å². The third-order valence-electron chi connectivity index (χ3n) is 5.22. The minimum Gasteiger partial charge on any atom is -0.369 e. The van der Waals surface area contributed by atoms with E-state index in [4.69, 9.17) is 9.66 Å². The van der Waals surface area contributed by atoms with Gasteiger partial charge in [-0.05, 0) is 31.2 Å². The maximum atomic E-state index is 11.4. The number of aromatic nitrogens is 2. The zero-order valence-electron chi connectivity index (χ0n) is 16.1. The average Bonchev–Trinajstić information content (AvgIpc) is 3.24. The molecule has 3 aromatic rings. The number of sulfonamides is 1. The summed E-state index contributed by atoms with van der Waals surface area (Å²) in [5, 5.41) is 9.27. The molecule has 0 saturated carbocycles. The molecule has 0 aliphatic carbocycles. The van der Waals surface area contributed by atoms with Gasteiger partial charge in [-0.25, -0.2) is 13.6 Å². The molecule has 2 N–H and O–H groups in total. The van der Waals surface area contributed by atoms with Gasteiger partial charge in [-0.2, -0.15) is 4.98 Å². The summed E-state index contributed by atoms with van der Waals surface area (Å²) in [6, 6.07) is 16.5. The van der Waals surface area contributed by atoms with Crippen molar-refractivity contribution in [3.63, 3.8) is 0 Å². The molecule has 1 atom stereocenters. The average molecular weight is 414 g/mol. The van der Waals surface area contributed by atoms with Crippen LogP contribution < -0.4 is 10.0 Å². The number of hydrogen-bond donors (Lipinski definition) is 1. The Balaban J connectivity index is 1.39. The monoisotopic (exact) mass is 413 g/mol. The van der Waals surface area contributed by atoms with E-state index in [1.165, 1.54) is 0 Å². The van der Waals surface area contributed by atoms with Gasteiger partial charge in [0.1, 0.15) is 0 Å². The van der Waals surface area contributed by atoms with Crippen molar-refractivity contribution < 1.29 is 12.9 Å². The van der Waals surface area contributed by atoms with Gasteiger partial charge < -0.3 is 9.42 Å². The van der Waals surface area contributed by atoms with E-state index >= 15 is 0 Å². The number of hydrogen-bond acceptors (Lipinski definition) is 7. The Labute approximate surface area is 170 Å². The van der Waals surface area contributed by atoms with Crippen molar-refractivity contribution in [2.24, 2.45) is 5.14 Å². The zero-order chi connectivity index (χ0) is 20.4. The number of rotatable bonds is 5. The fraction of sp³-hybridized carbons (Fsp3) is 0.300. The fourth-order valence-electron chi connectivity index (χ4n) is 3.48. The van der Waals surface area contributed by atoms with Crippen LogP contribution in [-0.2, 0) is 10.0 Å². The van der Waals surface area contributed by atoms with Crippen molar-refractivity contribution in [1.29, 1.82) is 0 Å². The van der Waals surface area contributed by atoms with Crippen LogP contribution in [0.15, 0.2) is 64.0 Å². The number of primary sulfonamides is 1. The van der Waals surface area contributed by atoms with Gasteiger partial charge >= 0.3 is 0 Å². The summed E-state index contributed by atoms with van der Waals surface area (Å²) in [5.41, 5.74) is 1.91. The Kier molecular flexibility index (Phi) is 5.35. The van der Waals surface area contributed by atoms with Crippen LogP contribution in [-0.4, -0.2) is 49.6 Å². The molecule has 4 rings (SSSR count). The van der Waals surface area contributed by atoms with Crippen LogP contribution in [0.4, 0.5) is 5.69 Å². The lowest BCUT2D eigenvalue weighted by Gasteiger charge is -2.38. The number of nitrogens with two attached hydrogens (primary N) is 1. The largest absolute Gasteiger partial charge is 0.369 e. The highest BCUT2D eigenvalue weighted by atomic mass is 32.2. The third-order valence-corrected chi connectivity index (χ3v) is 6.15. The van der Waals surface area contributed by atoms with Crippen molar-refractivity contribution in [3.8, 4) is 11.4 Å². The van der Waals surface area contributed by atoms with E-state index in [0.29, 0.717) is 11.7 Å². The summed E-state index contributed by atoms with van der Waals surface area (Å²) >= 11 is 0. The fourth-order valence-corrected chi connectivity index (χ4v) is 4.00. The van der Waals surface area contributed by atoms with Crippen molar-refractivity contribution in [2.75, 3.05) is 31.1 Å². The summed E-state index contributed by atoms with van der Waals surface area (Å²) in [5.74, 6) is 1.20. The first-order valence-electron chi connectivity index (χ1n) is 9.43. The predicted octanol–water partition coefficient (Wildman–Crippen LogP) is 2.27. The molecule has 1 aromatic heterocycles. The van der Waals surface area contributed by atoms with Crippen molar-refractivity contribution in [1.82, 2.24) is 15.0 Å². The minimum atomic E-state index is -3.67. The molecule has 1 fully saturated rings. The number of piperazine rings is 1. The maximum Gasteiger partial charge on any atom is 0.244 e. The molecule has 2 aromatic carbocycles. The van der Waals surface area contributed by atoms with E-state index in [0.717, 1.165) is 37.4 Å². The molecule has 152 valence electrons. The van der Waals surface area contributed by atoms with E-state index in [9.17, 15) is 8.42 Å². The molecular formula is C20H23N5O3S. The molecule has 0 bridgehead atoms. The standard InChI is InChI=1S/C20H23N5O3S/c1-15(20-22-19(23-28-20)16-5-3-2-4-6-16)24-11-13-25(14-12-24)17-7-9-18(10-8-17)29(21,26)27/h2-10,15H,11-14H2,1H3,(H2,21,26,27). The van der Waals surface area contributed by atoms with Crippen molar-refractivity contribution >= 4 is 15.7 Å². The van der Waals surface area contributed by atoms with E-state index in [1.807, 2.05) is 30.3 Å². The molecule has 1 aliphatic heterocycles. The zero-order valence-corrected chi connectivity index (χ0v) is 16.9. The summed E-state index contributed by atoms with van der Waals surface area (Å²) < 4.78 is 28.3. The number of nitrogens with zero attached hydrogens (tertiary/aromatic N) is 4. The normalized spacial score (nSPS) is 16.7. The Morgan fingerprint density at radius 2 is 1.66 bits per heavy atom. The Morgan fingerprint density at radius 1 is 1.00 bits per heavy atom. The molecule has 8 nitrogen and oxygen atoms in total. The van der Waals surface area contributed by atoms with E-state index < -0.39 is 10.0 Å². The lowest BCUT2D eigenvalue weighted by Crippen LogP contribution is -2.47. The highest BCUT2D eigenvalue weighted by molar-refractivity contribution is 7.89. The van der Waals surface area contributed by atoms with Gasteiger partial charge in [0.15, 0.2) is 0 Å². The Morgan fingerprint density at radius 3 is 2.28 bits per heavy atom. The number of benzene rings is 2. The van der Waals surface area contributed by atoms with Crippen LogP contribution in [0.1, 0.15) is 18.9 Å². The molecule has 2 heterocycles. The van der Waals surface area contributed by atoms with Gasteiger partial charge in [0.05, 0.1) is 10.9 Å². The maximum absolute atomic E-state index is 11.4. The summed E-state index contributed by atoms with van der Waals surface area (Å²) in [7, 11) is -3.67. The topological polar surface area (TPSA) is 106 Å². The van der Waals surface area contributed by atoms with Gasteiger partial charge in [-0.3, -0.25) is 4.90 Å². The van der Waals surface area contributed by atoms with Crippen molar-refractivity contribution in [2.45, 2.75) is 17.9 Å².